The summed E-state index contributed by atoms with van der Waals surface area (Å²) in [4.78, 5) is 46.5. The second-order valence-electron chi connectivity index (χ2n) is 5.87. The number of alkyl carbamates (subject to hydrolysis) is 1. The Bertz CT molecular complexity index is 669. The number of carbonyl (C=O) groups excluding carboxylic acids is 2. The standard InChI is InChI=1S/C18H24N2O7S/c1-28-10-9-14(17(24)25)19-16(23)13(7-8-15(21)22)20-18(26)27-11-12-5-3-2-4-6-12/h2-6,13-14H,7-11H2,1H3,(H,19,23)(H,20,26)(H,21,22)(H,24,25)/t13-,14+/m1/s1. The number of ether oxygens (including phenoxy) is 1. The zero-order valence-corrected chi connectivity index (χ0v) is 16.2. The Morgan fingerprint density at radius 1 is 1.04 bits per heavy atom. The summed E-state index contributed by atoms with van der Waals surface area (Å²) >= 11 is 1.43. The summed E-state index contributed by atoms with van der Waals surface area (Å²) in [6.45, 7) is -0.0224. The van der Waals surface area contributed by atoms with Crippen LogP contribution in [0.4, 0.5) is 4.79 Å². The quantitative estimate of drug-likeness (QED) is 0.404. The molecule has 0 spiro atoms. The molecule has 0 fully saturated rings. The Kier molecular flexibility index (Phi) is 10.5. The van der Waals surface area contributed by atoms with E-state index >= 15 is 0 Å². The topological polar surface area (TPSA) is 142 Å². The molecule has 0 aliphatic rings. The zero-order chi connectivity index (χ0) is 20.9. The second kappa shape index (κ2) is 12.6. The molecule has 0 aliphatic heterocycles. The normalized spacial score (nSPS) is 12.5. The molecule has 2 atom stereocenters. The van der Waals surface area contributed by atoms with Gasteiger partial charge in [0.1, 0.15) is 18.7 Å². The molecule has 28 heavy (non-hydrogen) atoms. The van der Waals surface area contributed by atoms with Gasteiger partial charge in [-0.15, -0.1) is 0 Å². The molecule has 0 aliphatic carbocycles. The number of carbonyl (C=O) groups is 4. The lowest BCUT2D eigenvalue weighted by Gasteiger charge is -2.21. The van der Waals surface area contributed by atoms with Gasteiger partial charge in [-0.05, 0) is 30.4 Å². The van der Waals surface area contributed by atoms with Gasteiger partial charge < -0.3 is 25.6 Å². The number of hydrogen-bond acceptors (Lipinski definition) is 6. The van der Waals surface area contributed by atoms with E-state index in [4.69, 9.17) is 9.84 Å². The highest BCUT2D eigenvalue weighted by atomic mass is 32.2. The summed E-state index contributed by atoms with van der Waals surface area (Å²) in [6.07, 6.45) is 0.536. The molecule has 1 aromatic carbocycles. The molecule has 154 valence electrons. The highest BCUT2D eigenvalue weighted by Gasteiger charge is 2.27. The van der Waals surface area contributed by atoms with Gasteiger partial charge in [0.05, 0.1) is 0 Å². The smallest absolute Gasteiger partial charge is 0.408 e. The van der Waals surface area contributed by atoms with Crippen LogP contribution < -0.4 is 10.6 Å². The number of thioether (sulfide) groups is 1. The highest BCUT2D eigenvalue weighted by Crippen LogP contribution is 2.05. The SMILES string of the molecule is CSCC[C@H](NC(=O)[C@@H](CCC(=O)O)NC(=O)OCc1ccccc1)C(=O)O. The lowest BCUT2D eigenvalue weighted by Crippen LogP contribution is -2.52. The Morgan fingerprint density at radius 2 is 1.71 bits per heavy atom. The molecule has 0 heterocycles. The van der Waals surface area contributed by atoms with Crippen LogP contribution in [0.2, 0.25) is 0 Å². The third kappa shape index (κ3) is 9.26. The Labute approximate surface area is 166 Å². The van der Waals surface area contributed by atoms with Gasteiger partial charge in [-0.3, -0.25) is 9.59 Å². The molecule has 9 nitrogen and oxygen atoms in total. The van der Waals surface area contributed by atoms with E-state index in [-0.39, 0.29) is 25.9 Å². The molecule has 0 saturated carbocycles. The first kappa shape index (κ1) is 23.3. The van der Waals surface area contributed by atoms with Crippen molar-refractivity contribution in [2.24, 2.45) is 0 Å². The van der Waals surface area contributed by atoms with E-state index in [9.17, 15) is 24.3 Å². The number of nitrogens with one attached hydrogen (secondary N) is 2. The third-order valence-electron chi connectivity index (χ3n) is 3.69. The van der Waals surface area contributed by atoms with E-state index in [1.807, 2.05) is 6.07 Å². The molecule has 0 radical (unpaired) electrons. The molecular weight excluding hydrogens is 388 g/mol. The van der Waals surface area contributed by atoms with Gasteiger partial charge >= 0.3 is 18.0 Å². The highest BCUT2D eigenvalue weighted by molar-refractivity contribution is 7.98. The molecular formula is C18H24N2O7S. The molecule has 1 aromatic rings. The van der Waals surface area contributed by atoms with Crippen LogP contribution in [0.25, 0.3) is 0 Å². The van der Waals surface area contributed by atoms with Crippen LogP contribution in [0.15, 0.2) is 30.3 Å². The average molecular weight is 412 g/mol. The maximum Gasteiger partial charge on any atom is 0.408 e. The van der Waals surface area contributed by atoms with Gasteiger partial charge in [-0.25, -0.2) is 9.59 Å². The first-order valence-corrected chi connectivity index (χ1v) is 9.94. The number of carboxylic acid groups (broad SMARTS) is 2. The fourth-order valence-corrected chi connectivity index (χ4v) is 2.68. The van der Waals surface area contributed by atoms with Crippen LogP contribution in [-0.2, 0) is 25.7 Å². The summed E-state index contributed by atoms with van der Waals surface area (Å²) < 4.78 is 5.04. The van der Waals surface area contributed by atoms with E-state index < -0.39 is 36.0 Å². The van der Waals surface area contributed by atoms with Crippen molar-refractivity contribution in [2.75, 3.05) is 12.0 Å². The Hall–Kier alpha value is -2.75. The fraction of sp³-hybridized carbons (Fsp3) is 0.444. The van der Waals surface area contributed by atoms with E-state index in [2.05, 4.69) is 10.6 Å². The minimum Gasteiger partial charge on any atom is -0.481 e. The minimum atomic E-state index is -1.23. The van der Waals surface area contributed by atoms with Crippen molar-refractivity contribution in [3.8, 4) is 0 Å². The maximum atomic E-state index is 12.4. The number of rotatable bonds is 12. The lowest BCUT2D eigenvalue weighted by atomic mass is 10.1. The number of amides is 2. The van der Waals surface area contributed by atoms with Gasteiger partial charge in [-0.2, -0.15) is 11.8 Å². The van der Waals surface area contributed by atoms with Crippen molar-refractivity contribution in [3.05, 3.63) is 35.9 Å². The first-order valence-electron chi connectivity index (χ1n) is 8.54. The van der Waals surface area contributed by atoms with E-state index in [1.54, 1.807) is 30.5 Å². The monoisotopic (exact) mass is 412 g/mol. The second-order valence-corrected chi connectivity index (χ2v) is 6.86. The maximum absolute atomic E-state index is 12.4. The molecule has 4 N–H and O–H groups in total. The molecule has 0 unspecified atom stereocenters. The summed E-state index contributed by atoms with van der Waals surface area (Å²) in [7, 11) is 0. The first-order chi connectivity index (χ1) is 13.3. The van der Waals surface area contributed by atoms with E-state index in [1.165, 1.54) is 11.8 Å². The van der Waals surface area contributed by atoms with Crippen molar-refractivity contribution in [3.63, 3.8) is 0 Å². The molecule has 0 aromatic heterocycles. The fourth-order valence-electron chi connectivity index (χ4n) is 2.21. The Morgan fingerprint density at radius 3 is 2.29 bits per heavy atom. The molecule has 0 bridgehead atoms. The Balaban J connectivity index is 2.68. The lowest BCUT2D eigenvalue weighted by molar-refractivity contribution is -0.142. The van der Waals surface area contributed by atoms with Gasteiger partial charge in [0.25, 0.3) is 0 Å². The van der Waals surface area contributed by atoms with Crippen LogP contribution in [0.5, 0.6) is 0 Å². The van der Waals surface area contributed by atoms with Crippen LogP contribution in [0, 0.1) is 0 Å². The third-order valence-corrected chi connectivity index (χ3v) is 4.34. The van der Waals surface area contributed by atoms with Gasteiger partial charge in [-0.1, -0.05) is 30.3 Å². The van der Waals surface area contributed by atoms with Crippen molar-refractivity contribution >= 4 is 35.7 Å². The van der Waals surface area contributed by atoms with Crippen LogP contribution in [-0.4, -0.2) is 58.2 Å². The predicted octanol–water partition coefficient (Wildman–Crippen LogP) is 1.47. The van der Waals surface area contributed by atoms with Crippen molar-refractivity contribution in [1.29, 1.82) is 0 Å². The number of aliphatic carboxylic acids is 2. The van der Waals surface area contributed by atoms with Crippen LogP contribution >= 0.6 is 11.8 Å². The van der Waals surface area contributed by atoms with Crippen LogP contribution in [0.3, 0.4) is 0 Å². The minimum absolute atomic E-state index is 0.0224. The van der Waals surface area contributed by atoms with Crippen molar-refractivity contribution < 1.29 is 34.1 Å². The zero-order valence-electron chi connectivity index (χ0n) is 15.4. The molecule has 2 amide bonds. The summed E-state index contributed by atoms with van der Waals surface area (Å²) in [6, 6.07) is 6.52. The average Bonchev–Trinajstić information content (AvgIpc) is 2.66. The summed E-state index contributed by atoms with van der Waals surface area (Å²) in [5, 5.41) is 22.7. The molecule has 0 saturated heterocycles. The van der Waals surface area contributed by atoms with Crippen LogP contribution in [0.1, 0.15) is 24.8 Å². The summed E-state index contributed by atoms with van der Waals surface area (Å²) in [5.41, 5.74) is 0.743. The summed E-state index contributed by atoms with van der Waals surface area (Å²) in [5.74, 6) is -2.60. The van der Waals surface area contributed by atoms with Gasteiger partial charge in [0.15, 0.2) is 0 Å². The number of carboxylic acids is 2. The van der Waals surface area contributed by atoms with Gasteiger partial charge in [0.2, 0.25) is 5.91 Å². The number of hydrogen-bond donors (Lipinski definition) is 4. The van der Waals surface area contributed by atoms with E-state index in [0.717, 1.165) is 5.56 Å². The van der Waals surface area contributed by atoms with E-state index in [0.29, 0.717) is 5.75 Å². The van der Waals surface area contributed by atoms with Gasteiger partial charge in [0, 0.05) is 6.42 Å². The molecule has 1 rings (SSSR count). The largest absolute Gasteiger partial charge is 0.481 e. The van der Waals surface area contributed by atoms with Crippen molar-refractivity contribution in [2.45, 2.75) is 38.0 Å². The number of benzene rings is 1. The predicted molar refractivity (Wildman–Crippen MR) is 103 cm³/mol. The van der Waals surface area contributed by atoms with Crippen molar-refractivity contribution in [1.82, 2.24) is 10.6 Å². The molecule has 10 heteroatoms.